The van der Waals surface area contributed by atoms with E-state index in [1.807, 2.05) is 6.92 Å². The van der Waals surface area contributed by atoms with Crippen molar-refractivity contribution in [2.24, 2.45) is 0 Å². The molecule has 16 heavy (non-hydrogen) atoms. The zero-order chi connectivity index (χ0) is 12.3. The first-order valence-corrected chi connectivity index (χ1v) is 8.05. The number of nitrogens with zero attached hydrogens (tertiary/aromatic N) is 1. The van der Waals surface area contributed by atoms with Gasteiger partial charge in [0.2, 0.25) is 10.0 Å². The second-order valence-corrected chi connectivity index (χ2v) is 6.92. The van der Waals surface area contributed by atoms with E-state index in [1.54, 1.807) is 31.3 Å². The van der Waals surface area contributed by atoms with Crippen molar-refractivity contribution in [3.8, 4) is 0 Å². The second kappa shape index (κ2) is 5.62. The lowest BCUT2D eigenvalue weighted by Gasteiger charge is -2.23. The topological polar surface area (TPSA) is 37.4 Å². The van der Waals surface area contributed by atoms with Crippen LogP contribution in [0.4, 0.5) is 0 Å². The first-order chi connectivity index (χ1) is 7.41. The number of hydrogen-bond acceptors (Lipinski definition) is 2. The van der Waals surface area contributed by atoms with E-state index in [0.29, 0.717) is 14.7 Å². The molecule has 0 fully saturated rings. The molecule has 1 aromatic rings. The molecule has 0 aliphatic carbocycles. The van der Waals surface area contributed by atoms with Gasteiger partial charge in [-0.3, -0.25) is 0 Å². The number of hydrogen-bond donors (Lipinski definition) is 0. The molecule has 0 aliphatic heterocycles. The highest BCUT2D eigenvalue weighted by Crippen LogP contribution is 2.25. The maximum atomic E-state index is 12.2. The first kappa shape index (κ1) is 14.2. The summed E-state index contributed by atoms with van der Waals surface area (Å²) < 4.78 is 26.4. The minimum Gasteiger partial charge on any atom is -0.207 e. The van der Waals surface area contributed by atoms with Gasteiger partial charge in [-0.2, -0.15) is 4.31 Å². The zero-order valence-electron chi connectivity index (χ0n) is 9.02. The minimum atomic E-state index is -3.42. The van der Waals surface area contributed by atoms with Crippen LogP contribution in [-0.2, 0) is 10.0 Å². The van der Waals surface area contributed by atoms with E-state index in [-0.39, 0.29) is 6.04 Å². The smallest absolute Gasteiger partial charge is 0.207 e. The third kappa shape index (κ3) is 2.85. The molecular weight excluding hydrogens is 358 g/mol. The van der Waals surface area contributed by atoms with Crippen LogP contribution in [0.3, 0.4) is 0 Å². The number of sulfonamides is 1. The summed E-state index contributed by atoms with van der Waals surface area (Å²) in [5, 5.41) is 0.604. The first-order valence-electron chi connectivity index (χ1n) is 4.69. The molecule has 0 spiro atoms. The van der Waals surface area contributed by atoms with Gasteiger partial charge < -0.3 is 0 Å². The van der Waals surface area contributed by atoms with Crippen molar-refractivity contribution >= 4 is 41.9 Å². The van der Waals surface area contributed by atoms with Crippen molar-refractivity contribution in [2.45, 2.75) is 17.9 Å². The van der Waals surface area contributed by atoms with Crippen LogP contribution < -0.4 is 0 Å². The third-order valence-electron chi connectivity index (χ3n) is 2.34. The molecule has 0 bridgehead atoms. The molecule has 1 unspecified atom stereocenters. The summed E-state index contributed by atoms with van der Waals surface area (Å²) >= 11 is 6.53. The maximum Gasteiger partial charge on any atom is 0.244 e. The van der Waals surface area contributed by atoms with Crippen LogP contribution in [0.1, 0.15) is 6.92 Å². The molecule has 0 amide bonds. The summed E-state index contributed by atoms with van der Waals surface area (Å²) in [6, 6.07) is 6.73. The lowest BCUT2D eigenvalue weighted by Crippen LogP contribution is -2.36. The van der Waals surface area contributed by atoms with Crippen molar-refractivity contribution in [2.75, 3.05) is 12.4 Å². The predicted octanol–water partition coefficient (Wildman–Crippen LogP) is 2.85. The Morgan fingerprint density at radius 1 is 1.38 bits per heavy atom. The fourth-order valence-corrected chi connectivity index (χ4v) is 4.09. The van der Waals surface area contributed by atoms with E-state index in [1.165, 1.54) is 4.31 Å². The van der Waals surface area contributed by atoms with Gasteiger partial charge in [-0.15, -0.1) is 0 Å². The summed E-state index contributed by atoms with van der Waals surface area (Å²) in [7, 11) is -1.84. The molecule has 1 aromatic carbocycles. The van der Waals surface area contributed by atoms with Crippen LogP contribution in [0, 0.1) is 0 Å². The molecular formula is C10H13Br2NO2S. The lowest BCUT2D eigenvalue weighted by molar-refractivity contribution is 0.416. The van der Waals surface area contributed by atoms with E-state index < -0.39 is 10.0 Å². The summed E-state index contributed by atoms with van der Waals surface area (Å²) in [5.41, 5.74) is 0. The van der Waals surface area contributed by atoms with Crippen molar-refractivity contribution in [1.82, 2.24) is 4.31 Å². The highest BCUT2D eigenvalue weighted by atomic mass is 79.9. The fraction of sp³-hybridized carbons (Fsp3) is 0.400. The Kier molecular flexibility index (Phi) is 4.97. The Hall–Kier alpha value is 0.0900. The largest absolute Gasteiger partial charge is 0.244 e. The third-order valence-corrected chi connectivity index (χ3v) is 6.26. The lowest BCUT2D eigenvalue weighted by atomic mass is 10.4. The van der Waals surface area contributed by atoms with Crippen LogP contribution in [-0.4, -0.2) is 31.1 Å². The Morgan fingerprint density at radius 3 is 2.44 bits per heavy atom. The number of benzene rings is 1. The standard InChI is InChI=1S/C10H13Br2NO2S/c1-8(7-11)13(2)16(14,15)10-6-4-3-5-9(10)12/h3-6,8H,7H2,1-2H3. The molecule has 0 radical (unpaired) electrons. The molecule has 1 atom stereocenters. The molecule has 90 valence electrons. The Morgan fingerprint density at radius 2 is 1.94 bits per heavy atom. The molecule has 0 saturated carbocycles. The fourth-order valence-electron chi connectivity index (χ4n) is 1.14. The van der Waals surface area contributed by atoms with Crippen LogP contribution in [0.2, 0.25) is 0 Å². The van der Waals surface area contributed by atoms with Crippen LogP contribution in [0.5, 0.6) is 0 Å². The molecule has 0 heterocycles. The van der Waals surface area contributed by atoms with E-state index in [2.05, 4.69) is 31.9 Å². The number of rotatable bonds is 4. The Labute approximate surface area is 113 Å². The van der Waals surface area contributed by atoms with E-state index in [4.69, 9.17) is 0 Å². The molecule has 0 N–H and O–H groups in total. The molecule has 0 saturated heterocycles. The van der Waals surface area contributed by atoms with Crippen LogP contribution in [0.25, 0.3) is 0 Å². The number of halogens is 2. The monoisotopic (exact) mass is 369 g/mol. The Bertz CT molecular complexity index is 462. The van der Waals surface area contributed by atoms with E-state index in [9.17, 15) is 8.42 Å². The quantitative estimate of drug-likeness (QED) is 0.764. The average molecular weight is 371 g/mol. The van der Waals surface area contributed by atoms with E-state index in [0.717, 1.165) is 0 Å². The van der Waals surface area contributed by atoms with Crippen LogP contribution in [0.15, 0.2) is 33.6 Å². The Balaban J connectivity index is 3.17. The van der Waals surface area contributed by atoms with Crippen molar-refractivity contribution in [3.63, 3.8) is 0 Å². The summed E-state index contributed by atoms with van der Waals surface area (Å²) in [4.78, 5) is 0.297. The SMILES string of the molecule is CC(CBr)N(C)S(=O)(=O)c1ccccc1Br. The van der Waals surface area contributed by atoms with E-state index >= 15 is 0 Å². The predicted molar refractivity (Wildman–Crippen MR) is 72.3 cm³/mol. The molecule has 3 nitrogen and oxygen atoms in total. The van der Waals surface area contributed by atoms with Gasteiger partial charge >= 0.3 is 0 Å². The summed E-state index contributed by atoms with van der Waals surface area (Å²) in [6.45, 7) is 1.85. The summed E-state index contributed by atoms with van der Waals surface area (Å²) in [5.74, 6) is 0. The van der Waals surface area contributed by atoms with Gasteiger partial charge in [-0.05, 0) is 35.0 Å². The molecule has 0 aliphatic rings. The normalized spacial score (nSPS) is 14.1. The zero-order valence-corrected chi connectivity index (χ0v) is 13.0. The van der Waals surface area contributed by atoms with Gasteiger partial charge in [0, 0.05) is 22.9 Å². The maximum absolute atomic E-state index is 12.2. The van der Waals surface area contributed by atoms with Crippen molar-refractivity contribution in [3.05, 3.63) is 28.7 Å². The average Bonchev–Trinajstić information content (AvgIpc) is 2.27. The molecule has 1 rings (SSSR count). The molecule has 6 heteroatoms. The van der Waals surface area contributed by atoms with Crippen LogP contribution >= 0.6 is 31.9 Å². The minimum absolute atomic E-state index is 0.0860. The van der Waals surface area contributed by atoms with Gasteiger partial charge in [0.25, 0.3) is 0 Å². The van der Waals surface area contributed by atoms with Gasteiger partial charge in [-0.25, -0.2) is 8.42 Å². The van der Waals surface area contributed by atoms with Gasteiger partial charge in [0.1, 0.15) is 0 Å². The number of alkyl halides is 1. The van der Waals surface area contributed by atoms with Gasteiger partial charge in [0.15, 0.2) is 0 Å². The molecule has 0 aromatic heterocycles. The van der Waals surface area contributed by atoms with Gasteiger partial charge in [-0.1, -0.05) is 28.1 Å². The second-order valence-electron chi connectivity index (χ2n) is 3.45. The highest BCUT2D eigenvalue weighted by molar-refractivity contribution is 9.10. The van der Waals surface area contributed by atoms with Crippen molar-refractivity contribution < 1.29 is 8.42 Å². The highest BCUT2D eigenvalue weighted by Gasteiger charge is 2.26. The summed E-state index contributed by atoms with van der Waals surface area (Å²) in [6.07, 6.45) is 0. The van der Waals surface area contributed by atoms with Gasteiger partial charge in [0.05, 0.1) is 4.90 Å². The van der Waals surface area contributed by atoms with Crippen molar-refractivity contribution in [1.29, 1.82) is 0 Å².